The molecule has 0 spiro atoms. The van der Waals surface area contributed by atoms with Crippen LogP contribution in [0.3, 0.4) is 0 Å². The molecule has 0 bridgehead atoms. The van der Waals surface area contributed by atoms with Crippen molar-refractivity contribution in [1.82, 2.24) is 9.21 Å². The molecule has 2 fully saturated rings. The first-order valence-electron chi connectivity index (χ1n) is 11.2. The molecule has 182 valence electrons. The number of ether oxygens (including phenoxy) is 2. The van der Waals surface area contributed by atoms with Crippen molar-refractivity contribution in [1.29, 1.82) is 0 Å². The SMILES string of the molecule is O=C(C(Oc1ccc(S(=O)(=O)N2CCOCC2)cc1[N+](=O)[O-])c1ccccc1)N1CCCCC1. The van der Waals surface area contributed by atoms with Crippen molar-refractivity contribution < 1.29 is 27.6 Å². The molecule has 2 heterocycles. The summed E-state index contributed by atoms with van der Waals surface area (Å²) in [4.78, 5) is 26.0. The van der Waals surface area contributed by atoms with E-state index < -0.39 is 26.7 Å². The second-order valence-corrected chi connectivity index (χ2v) is 10.1. The Balaban J connectivity index is 1.67. The fourth-order valence-electron chi connectivity index (χ4n) is 4.13. The summed E-state index contributed by atoms with van der Waals surface area (Å²) in [6.45, 7) is 2.08. The van der Waals surface area contributed by atoms with Crippen LogP contribution in [0.25, 0.3) is 0 Å². The Morgan fingerprint density at radius 1 is 1.00 bits per heavy atom. The van der Waals surface area contributed by atoms with Crippen molar-refractivity contribution in [3.05, 3.63) is 64.2 Å². The van der Waals surface area contributed by atoms with Gasteiger partial charge in [-0.05, 0) is 31.4 Å². The number of piperidine rings is 1. The van der Waals surface area contributed by atoms with Gasteiger partial charge in [0.15, 0.2) is 5.75 Å². The number of nitrogens with zero attached hydrogens (tertiary/aromatic N) is 3. The van der Waals surface area contributed by atoms with Gasteiger partial charge in [-0.25, -0.2) is 8.42 Å². The number of likely N-dealkylation sites (tertiary alicyclic amines) is 1. The Morgan fingerprint density at radius 2 is 1.68 bits per heavy atom. The summed E-state index contributed by atoms with van der Waals surface area (Å²) in [6.07, 6.45) is 1.74. The van der Waals surface area contributed by atoms with Gasteiger partial charge in [-0.1, -0.05) is 30.3 Å². The molecule has 0 aromatic heterocycles. The molecule has 2 aliphatic rings. The lowest BCUT2D eigenvalue weighted by molar-refractivity contribution is -0.386. The van der Waals surface area contributed by atoms with Crippen LogP contribution in [0.5, 0.6) is 5.75 Å². The number of rotatable bonds is 7. The van der Waals surface area contributed by atoms with Gasteiger partial charge in [0.2, 0.25) is 16.1 Å². The molecule has 2 aliphatic heterocycles. The van der Waals surface area contributed by atoms with E-state index in [-0.39, 0.29) is 42.9 Å². The number of carbonyl (C=O) groups is 1. The van der Waals surface area contributed by atoms with Gasteiger partial charge in [-0.15, -0.1) is 0 Å². The topological polar surface area (TPSA) is 119 Å². The maximum atomic E-state index is 13.3. The zero-order chi connectivity index (χ0) is 24.1. The van der Waals surface area contributed by atoms with E-state index in [1.165, 1.54) is 16.4 Å². The normalized spacial score (nSPS) is 18.3. The van der Waals surface area contributed by atoms with E-state index in [0.29, 0.717) is 18.7 Å². The number of carbonyl (C=O) groups excluding carboxylic acids is 1. The lowest BCUT2D eigenvalue weighted by Gasteiger charge is -2.30. The molecule has 2 aromatic carbocycles. The standard InChI is InChI=1S/C23H27N3O7S/c27-23(24-11-5-2-6-12-24)22(18-7-3-1-4-8-18)33-21-10-9-19(17-20(21)26(28)29)34(30,31)25-13-15-32-16-14-25/h1,3-4,7-10,17,22H,2,5-6,11-16H2. The second-order valence-electron chi connectivity index (χ2n) is 8.20. The third kappa shape index (κ3) is 5.21. The largest absolute Gasteiger partial charge is 0.469 e. The zero-order valence-corrected chi connectivity index (χ0v) is 19.5. The van der Waals surface area contributed by atoms with Crippen LogP contribution < -0.4 is 4.74 Å². The second kappa shape index (κ2) is 10.5. The van der Waals surface area contributed by atoms with Crippen LogP contribution in [0, 0.1) is 10.1 Å². The van der Waals surface area contributed by atoms with Gasteiger partial charge < -0.3 is 14.4 Å². The molecule has 0 N–H and O–H groups in total. The maximum absolute atomic E-state index is 13.3. The average Bonchev–Trinajstić information content (AvgIpc) is 2.88. The van der Waals surface area contributed by atoms with Crippen molar-refractivity contribution in [3.8, 4) is 5.75 Å². The Morgan fingerprint density at radius 3 is 2.32 bits per heavy atom. The number of nitro groups is 1. The molecule has 2 aromatic rings. The number of sulfonamides is 1. The molecular formula is C23H27N3O7S. The van der Waals surface area contributed by atoms with Gasteiger partial charge in [0, 0.05) is 37.8 Å². The lowest BCUT2D eigenvalue weighted by atomic mass is 10.1. The smallest absolute Gasteiger partial charge is 0.312 e. The highest BCUT2D eigenvalue weighted by Gasteiger charge is 2.33. The van der Waals surface area contributed by atoms with Crippen LogP contribution in [-0.2, 0) is 19.6 Å². The average molecular weight is 490 g/mol. The van der Waals surface area contributed by atoms with Crippen LogP contribution in [0.2, 0.25) is 0 Å². The van der Waals surface area contributed by atoms with E-state index in [0.717, 1.165) is 25.3 Å². The van der Waals surface area contributed by atoms with Crippen LogP contribution in [-0.4, -0.2) is 67.8 Å². The Hall–Kier alpha value is -3.02. The highest BCUT2D eigenvalue weighted by atomic mass is 32.2. The first kappa shape index (κ1) is 24.1. The molecule has 1 unspecified atom stereocenters. The van der Waals surface area contributed by atoms with Crippen molar-refractivity contribution in [3.63, 3.8) is 0 Å². The van der Waals surface area contributed by atoms with E-state index in [1.54, 1.807) is 35.2 Å². The zero-order valence-electron chi connectivity index (χ0n) is 18.7. The van der Waals surface area contributed by atoms with E-state index >= 15 is 0 Å². The third-order valence-corrected chi connectivity index (χ3v) is 7.87. The summed E-state index contributed by atoms with van der Waals surface area (Å²) in [5.74, 6) is -0.435. The molecule has 0 saturated carbocycles. The van der Waals surface area contributed by atoms with E-state index in [2.05, 4.69) is 0 Å². The quantitative estimate of drug-likeness (QED) is 0.433. The van der Waals surface area contributed by atoms with Gasteiger partial charge in [-0.3, -0.25) is 14.9 Å². The summed E-state index contributed by atoms with van der Waals surface area (Å²) in [5.41, 5.74) is 0.0547. The van der Waals surface area contributed by atoms with Crippen molar-refractivity contribution >= 4 is 21.6 Å². The van der Waals surface area contributed by atoms with Crippen molar-refractivity contribution in [2.24, 2.45) is 0 Å². The van der Waals surface area contributed by atoms with Crippen LogP contribution in [0.1, 0.15) is 30.9 Å². The number of morpholine rings is 1. The number of nitro benzene ring substituents is 1. The molecule has 11 heteroatoms. The molecule has 1 amide bonds. The summed E-state index contributed by atoms with van der Waals surface area (Å²) in [5, 5.41) is 11.9. The molecule has 1 atom stereocenters. The summed E-state index contributed by atoms with van der Waals surface area (Å²) < 4.78 is 38.4. The van der Waals surface area contributed by atoms with E-state index in [1.807, 2.05) is 0 Å². The lowest BCUT2D eigenvalue weighted by Crippen LogP contribution is -2.40. The summed E-state index contributed by atoms with van der Waals surface area (Å²) in [7, 11) is -3.93. The third-order valence-electron chi connectivity index (χ3n) is 5.97. The number of hydrogen-bond acceptors (Lipinski definition) is 7. The number of benzene rings is 2. The van der Waals surface area contributed by atoms with E-state index in [4.69, 9.17) is 9.47 Å². The molecule has 34 heavy (non-hydrogen) atoms. The fourth-order valence-corrected chi connectivity index (χ4v) is 5.56. The molecule has 0 aliphatic carbocycles. The predicted octanol–water partition coefficient (Wildman–Crippen LogP) is 2.75. The molecule has 2 saturated heterocycles. The number of hydrogen-bond donors (Lipinski definition) is 0. The van der Waals surface area contributed by atoms with Gasteiger partial charge >= 0.3 is 5.69 Å². The minimum atomic E-state index is -3.93. The molecular weight excluding hydrogens is 462 g/mol. The minimum absolute atomic E-state index is 0.162. The maximum Gasteiger partial charge on any atom is 0.312 e. The van der Waals surface area contributed by atoms with Gasteiger partial charge in [0.25, 0.3) is 5.91 Å². The first-order valence-corrected chi connectivity index (χ1v) is 12.7. The Labute approximate surface area is 198 Å². The molecule has 4 rings (SSSR count). The Bertz CT molecular complexity index is 1130. The first-order chi connectivity index (χ1) is 16.4. The van der Waals surface area contributed by atoms with Crippen LogP contribution in [0.4, 0.5) is 5.69 Å². The van der Waals surface area contributed by atoms with Crippen LogP contribution >= 0.6 is 0 Å². The van der Waals surface area contributed by atoms with Crippen molar-refractivity contribution in [2.45, 2.75) is 30.3 Å². The van der Waals surface area contributed by atoms with Crippen molar-refractivity contribution in [2.75, 3.05) is 39.4 Å². The minimum Gasteiger partial charge on any atom is -0.469 e. The van der Waals surface area contributed by atoms with E-state index in [9.17, 15) is 23.3 Å². The van der Waals surface area contributed by atoms with Crippen LogP contribution in [0.15, 0.2) is 53.4 Å². The molecule has 0 radical (unpaired) electrons. The monoisotopic (exact) mass is 489 g/mol. The Kier molecular flexibility index (Phi) is 7.44. The highest BCUT2D eigenvalue weighted by Crippen LogP contribution is 2.35. The van der Waals surface area contributed by atoms with Gasteiger partial charge in [0.1, 0.15) is 0 Å². The predicted molar refractivity (Wildman–Crippen MR) is 123 cm³/mol. The summed E-state index contributed by atoms with van der Waals surface area (Å²) >= 11 is 0. The fraction of sp³-hybridized carbons (Fsp3) is 0.435. The highest BCUT2D eigenvalue weighted by molar-refractivity contribution is 7.89. The van der Waals surface area contributed by atoms with Gasteiger partial charge in [0.05, 0.1) is 23.0 Å². The van der Waals surface area contributed by atoms with Gasteiger partial charge in [-0.2, -0.15) is 4.31 Å². The molecule has 10 nitrogen and oxygen atoms in total. The number of amides is 1. The summed E-state index contributed by atoms with van der Waals surface area (Å²) in [6, 6.07) is 12.3.